The summed E-state index contributed by atoms with van der Waals surface area (Å²) in [6, 6.07) is 5.04. The molecule has 0 amide bonds. The molecule has 1 aliphatic rings. The van der Waals surface area contributed by atoms with Gasteiger partial charge in [0.2, 0.25) is 10.0 Å². The standard InChI is InChI=1S/C12H16N2O5S/c1-9-8-19-10(2)7-13(9)20(17,18)12-6-4-3-5-11(12)14(15)16/h3-6,9-10H,7-8H2,1-2H3/t9-,10-/m1/s1. The summed E-state index contributed by atoms with van der Waals surface area (Å²) in [6.07, 6.45) is -0.233. The van der Waals surface area contributed by atoms with Crippen molar-refractivity contribution in [2.75, 3.05) is 13.2 Å². The van der Waals surface area contributed by atoms with Crippen molar-refractivity contribution < 1.29 is 18.1 Å². The molecule has 1 heterocycles. The van der Waals surface area contributed by atoms with Gasteiger partial charge in [0.05, 0.1) is 17.6 Å². The van der Waals surface area contributed by atoms with Crippen LogP contribution in [0.5, 0.6) is 0 Å². The first-order valence-electron chi connectivity index (χ1n) is 6.21. The Hall–Kier alpha value is -1.51. The SMILES string of the molecule is C[C@@H]1CN(S(=O)(=O)c2ccccc2[N+](=O)[O-])[C@H](C)CO1. The molecule has 1 aromatic carbocycles. The quantitative estimate of drug-likeness (QED) is 0.621. The molecular weight excluding hydrogens is 284 g/mol. The molecule has 1 aliphatic heterocycles. The number of hydrogen-bond donors (Lipinski definition) is 0. The van der Waals surface area contributed by atoms with Crippen molar-refractivity contribution in [3.8, 4) is 0 Å². The summed E-state index contributed by atoms with van der Waals surface area (Å²) in [5.74, 6) is 0. The maximum absolute atomic E-state index is 12.6. The highest BCUT2D eigenvalue weighted by Gasteiger charge is 2.37. The molecule has 0 aliphatic carbocycles. The van der Waals surface area contributed by atoms with Gasteiger partial charge in [-0.1, -0.05) is 12.1 Å². The van der Waals surface area contributed by atoms with E-state index in [-0.39, 0.29) is 30.2 Å². The Kier molecular flexibility index (Phi) is 4.07. The Morgan fingerprint density at radius 2 is 2.00 bits per heavy atom. The molecule has 0 aromatic heterocycles. The van der Waals surface area contributed by atoms with Gasteiger partial charge in [-0.05, 0) is 19.9 Å². The fourth-order valence-electron chi connectivity index (χ4n) is 2.16. The summed E-state index contributed by atoms with van der Waals surface area (Å²) in [4.78, 5) is 10.0. The van der Waals surface area contributed by atoms with E-state index in [1.54, 1.807) is 13.8 Å². The number of benzene rings is 1. The molecule has 1 aromatic rings. The van der Waals surface area contributed by atoms with Crippen LogP contribution in [0.15, 0.2) is 29.2 Å². The number of rotatable bonds is 3. The minimum absolute atomic E-state index is 0.190. The Bertz CT molecular complexity index is 616. The molecule has 0 bridgehead atoms. The predicted octanol–water partition coefficient (Wildman–Crippen LogP) is 1.39. The van der Waals surface area contributed by atoms with Gasteiger partial charge in [0.25, 0.3) is 5.69 Å². The largest absolute Gasteiger partial charge is 0.375 e. The molecule has 0 unspecified atom stereocenters. The summed E-state index contributed by atoms with van der Waals surface area (Å²) < 4.78 is 31.9. The third-order valence-electron chi connectivity index (χ3n) is 3.20. The minimum Gasteiger partial charge on any atom is -0.375 e. The van der Waals surface area contributed by atoms with Crippen molar-refractivity contribution in [2.24, 2.45) is 0 Å². The molecular formula is C12H16N2O5S. The summed E-state index contributed by atoms with van der Waals surface area (Å²) >= 11 is 0. The van der Waals surface area contributed by atoms with Crippen LogP contribution in [0.2, 0.25) is 0 Å². The van der Waals surface area contributed by atoms with Crippen LogP contribution in [-0.2, 0) is 14.8 Å². The third-order valence-corrected chi connectivity index (χ3v) is 5.23. The molecule has 8 heteroatoms. The lowest BCUT2D eigenvalue weighted by atomic mass is 10.2. The number of nitro benzene ring substituents is 1. The van der Waals surface area contributed by atoms with Crippen LogP contribution < -0.4 is 0 Å². The van der Waals surface area contributed by atoms with Crippen LogP contribution in [-0.4, -0.2) is 42.9 Å². The zero-order valence-corrected chi connectivity index (χ0v) is 12.0. The van der Waals surface area contributed by atoms with Gasteiger partial charge in [-0.25, -0.2) is 8.42 Å². The minimum atomic E-state index is -3.91. The van der Waals surface area contributed by atoms with E-state index in [0.717, 1.165) is 0 Å². The number of nitrogens with zero attached hydrogens (tertiary/aromatic N) is 2. The molecule has 0 spiro atoms. The number of nitro groups is 1. The Balaban J connectivity index is 2.47. The van der Waals surface area contributed by atoms with Gasteiger partial charge < -0.3 is 4.74 Å². The molecule has 2 rings (SSSR count). The second kappa shape index (κ2) is 5.47. The van der Waals surface area contributed by atoms with Gasteiger partial charge in [0.1, 0.15) is 0 Å². The van der Waals surface area contributed by atoms with Crippen LogP contribution in [0, 0.1) is 10.1 Å². The molecule has 110 valence electrons. The lowest BCUT2D eigenvalue weighted by Gasteiger charge is -2.35. The van der Waals surface area contributed by atoms with E-state index in [2.05, 4.69) is 0 Å². The highest BCUT2D eigenvalue weighted by Crippen LogP contribution is 2.29. The van der Waals surface area contributed by atoms with Crippen molar-refractivity contribution in [3.05, 3.63) is 34.4 Å². The molecule has 1 saturated heterocycles. The Labute approximate surface area is 117 Å². The van der Waals surface area contributed by atoms with Gasteiger partial charge in [0, 0.05) is 18.7 Å². The van der Waals surface area contributed by atoms with Gasteiger partial charge >= 0.3 is 0 Å². The number of sulfonamides is 1. The molecule has 7 nitrogen and oxygen atoms in total. The number of ether oxygens (including phenoxy) is 1. The summed E-state index contributed by atoms with van der Waals surface area (Å²) in [7, 11) is -3.91. The van der Waals surface area contributed by atoms with Crippen LogP contribution in [0.25, 0.3) is 0 Å². The van der Waals surface area contributed by atoms with Gasteiger partial charge in [0.15, 0.2) is 4.90 Å². The summed E-state index contributed by atoms with van der Waals surface area (Å²) in [6.45, 7) is 3.96. The first-order chi connectivity index (χ1) is 9.34. The van der Waals surface area contributed by atoms with Crippen molar-refractivity contribution in [1.29, 1.82) is 0 Å². The van der Waals surface area contributed by atoms with E-state index in [4.69, 9.17) is 4.74 Å². The lowest BCUT2D eigenvalue weighted by Crippen LogP contribution is -2.50. The topological polar surface area (TPSA) is 89.8 Å². The average molecular weight is 300 g/mol. The zero-order valence-electron chi connectivity index (χ0n) is 11.2. The average Bonchev–Trinajstić information content (AvgIpc) is 2.41. The molecule has 20 heavy (non-hydrogen) atoms. The zero-order chi connectivity index (χ0) is 14.9. The van der Waals surface area contributed by atoms with E-state index < -0.39 is 20.6 Å². The lowest BCUT2D eigenvalue weighted by molar-refractivity contribution is -0.387. The second-order valence-corrected chi connectivity index (χ2v) is 6.65. The van der Waals surface area contributed by atoms with Crippen molar-refractivity contribution in [2.45, 2.75) is 30.9 Å². The highest BCUT2D eigenvalue weighted by atomic mass is 32.2. The van der Waals surface area contributed by atoms with E-state index in [0.29, 0.717) is 0 Å². The fraction of sp³-hybridized carbons (Fsp3) is 0.500. The second-order valence-electron chi connectivity index (χ2n) is 4.79. The van der Waals surface area contributed by atoms with Gasteiger partial charge in [-0.2, -0.15) is 4.31 Å². The number of para-hydroxylation sites is 1. The van der Waals surface area contributed by atoms with E-state index in [1.165, 1.54) is 28.6 Å². The van der Waals surface area contributed by atoms with Crippen molar-refractivity contribution in [1.82, 2.24) is 4.31 Å². The third kappa shape index (κ3) is 2.67. The van der Waals surface area contributed by atoms with Crippen molar-refractivity contribution in [3.63, 3.8) is 0 Å². The molecule has 0 saturated carbocycles. The predicted molar refractivity (Wildman–Crippen MR) is 71.9 cm³/mol. The van der Waals surface area contributed by atoms with Crippen molar-refractivity contribution >= 4 is 15.7 Å². The van der Waals surface area contributed by atoms with E-state index in [1.807, 2.05) is 0 Å². The van der Waals surface area contributed by atoms with Crippen LogP contribution in [0.3, 0.4) is 0 Å². The molecule has 0 N–H and O–H groups in total. The molecule has 2 atom stereocenters. The first kappa shape index (κ1) is 14.9. The fourth-order valence-corrected chi connectivity index (χ4v) is 4.01. The number of morpholine rings is 1. The summed E-state index contributed by atoms with van der Waals surface area (Å²) in [5.41, 5.74) is -0.404. The van der Waals surface area contributed by atoms with E-state index >= 15 is 0 Å². The van der Waals surface area contributed by atoms with Crippen LogP contribution >= 0.6 is 0 Å². The molecule has 0 radical (unpaired) electrons. The van der Waals surface area contributed by atoms with Gasteiger partial charge in [-0.3, -0.25) is 10.1 Å². The van der Waals surface area contributed by atoms with Gasteiger partial charge in [-0.15, -0.1) is 0 Å². The van der Waals surface area contributed by atoms with E-state index in [9.17, 15) is 18.5 Å². The smallest absolute Gasteiger partial charge is 0.289 e. The highest BCUT2D eigenvalue weighted by molar-refractivity contribution is 7.89. The summed E-state index contributed by atoms with van der Waals surface area (Å²) in [5, 5.41) is 11.0. The Morgan fingerprint density at radius 1 is 1.35 bits per heavy atom. The monoisotopic (exact) mass is 300 g/mol. The van der Waals surface area contributed by atoms with Crippen LogP contribution in [0.1, 0.15) is 13.8 Å². The van der Waals surface area contributed by atoms with Crippen LogP contribution in [0.4, 0.5) is 5.69 Å². The first-order valence-corrected chi connectivity index (χ1v) is 7.65. The Morgan fingerprint density at radius 3 is 2.65 bits per heavy atom. The maximum atomic E-state index is 12.6. The number of hydrogen-bond acceptors (Lipinski definition) is 5. The maximum Gasteiger partial charge on any atom is 0.289 e. The molecule has 1 fully saturated rings. The normalized spacial score (nSPS) is 24.5.